The standard InChI is InChI=1S/C21H28N4O7/c1-21(2,3)31-20(30)23-15(12-14-8-6-5-7-9-14)18(28)24(4)13-22-19(29)32-25-16(26)10-11-17(25)27/h5-11,15,26-27H,12-13H2,1-4H3,(H,22,29)(H,23,30)/t15-/m1/s1. The van der Waals surface area contributed by atoms with Crippen LogP contribution in [0.2, 0.25) is 0 Å². The van der Waals surface area contributed by atoms with E-state index in [2.05, 4.69) is 10.6 Å². The molecular weight excluding hydrogens is 420 g/mol. The fourth-order valence-electron chi connectivity index (χ4n) is 2.64. The van der Waals surface area contributed by atoms with E-state index in [-0.39, 0.29) is 13.1 Å². The summed E-state index contributed by atoms with van der Waals surface area (Å²) in [4.78, 5) is 43.1. The fourth-order valence-corrected chi connectivity index (χ4v) is 2.64. The van der Waals surface area contributed by atoms with Crippen molar-refractivity contribution in [1.82, 2.24) is 20.3 Å². The predicted molar refractivity (Wildman–Crippen MR) is 114 cm³/mol. The second-order valence-corrected chi connectivity index (χ2v) is 7.98. The number of ether oxygens (including phenoxy) is 1. The number of alkyl carbamates (subject to hydrolysis) is 1. The molecule has 1 aromatic heterocycles. The number of aromatic hydroxyl groups is 2. The van der Waals surface area contributed by atoms with E-state index in [1.165, 1.54) is 11.9 Å². The summed E-state index contributed by atoms with van der Waals surface area (Å²) in [5, 5.41) is 23.9. The number of aromatic nitrogens is 1. The molecule has 32 heavy (non-hydrogen) atoms. The Morgan fingerprint density at radius 2 is 1.62 bits per heavy atom. The van der Waals surface area contributed by atoms with E-state index in [1.54, 1.807) is 20.8 Å². The summed E-state index contributed by atoms with van der Waals surface area (Å²) in [5.41, 5.74) is 0.0817. The summed E-state index contributed by atoms with van der Waals surface area (Å²) in [6, 6.07) is 10.4. The lowest BCUT2D eigenvalue weighted by Crippen LogP contribution is -2.52. The number of benzene rings is 1. The SMILES string of the molecule is CN(CNC(=O)On1c(O)ccc1O)C(=O)[C@@H](Cc1ccccc1)NC(=O)OC(C)(C)C. The smallest absolute Gasteiger partial charge is 0.433 e. The van der Waals surface area contributed by atoms with Crippen molar-refractivity contribution in [3.05, 3.63) is 48.0 Å². The molecule has 0 aliphatic carbocycles. The zero-order valence-electron chi connectivity index (χ0n) is 18.4. The summed E-state index contributed by atoms with van der Waals surface area (Å²) in [6.45, 7) is 4.87. The average Bonchev–Trinajstić information content (AvgIpc) is 3.02. The third-order valence-electron chi connectivity index (χ3n) is 4.08. The number of hydrogen-bond donors (Lipinski definition) is 4. The van der Waals surface area contributed by atoms with Gasteiger partial charge in [0.25, 0.3) is 0 Å². The second-order valence-electron chi connectivity index (χ2n) is 7.98. The van der Waals surface area contributed by atoms with Gasteiger partial charge in [0.15, 0.2) is 0 Å². The lowest BCUT2D eigenvalue weighted by atomic mass is 10.1. The molecule has 0 saturated heterocycles. The molecule has 4 N–H and O–H groups in total. The molecule has 0 radical (unpaired) electrons. The minimum atomic E-state index is -1.02. The van der Waals surface area contributed by atoms with E-state index in [9.17, 15) is 24.6 Å². The van der Waals surface area contributed by atoms with Gasteiger partial charge in [-0.2, -0.15) is 0 Å². The first-order valence-corrected chi connectivity index (χ1v) is 9.80. The van der Waals surface area contributed by atoms with Crippen LogP contribution >= 0.6 is 0 Å². The Hall–Kier alpha value is -3.89. The Balaban J connectivity index is 2.01. The molecule has 11 heteroatoms. The number of amides is 3. The molecule has 0 unspecified atom stereocenters. The molecular formula is C21H28N4O7. The maximum absolute atomic E-state index is 13.0. The van der Waals surface area contributed by atoms with Gasteiger partial charge in [-0.05, 0) is 26.3 Å². The van der Waals surface area contributed by atoms with E-state index in [1.807, 2.05) is 30.3 Å². The monoisotopic (exact) mass is 448 g/mol. The van der Waals surface area contributed by atoms with E-state index < -0.39 is 41.5 Å². The van der Waals surface area contributed by atoms with Crippen molar-refractivity contribution in [1.29, 1.82) is 0 Å². The lowest BCUT2D eigenvalue weighted by molar-refractivity contribution is -0.132. The maximum Gasteiger partial charge on any atom is 0.433 e. The Morgan fingerprint density at radius 1 is 1.03 bits per heavy atom. The van der Waals surface area contributed by atoms with Crippen molar-refractivity contribution in [2.45, 2.75) is 38.8 Å². The normalized spacial score (nSPS) is 11.9. The molecule has 0 aliphatic rings. The topological polar surface area (TPSA) is 142 Å². The van der Waals surface area contributed by atoms with E-state index in [4.69, 9.17) is 9.57 Å². The molecule has 0 saturated carbocycles. The molecule has 0 fully saturated rings. The molecule has 0 aliphatic heterocycles. The van der Waals surface area contributed by atoms with Crippen molar-refractivity contribution < 1.29 is 34.2 Å². The number of rotatable bonds is 7. The Morgan fingerprint density at radius 3 is 2.19 bits per heavy atom. The number of hydrogen-bond acceptors (Lipinski definition) is 7. The third-order valence-corrected chi connectivity index (χ3v) is 4.08. The molecule has 11 nitrogen and oxygen atoms in total. The summed E-state index contributed by atoms with van der Waals surface area (Å²) < 4.78 is 5.77. The minimum Gasteiger partial charge on any atom is -0.492 e. The number of carbonyl (C=O) groups is 3. The van der Waals surface area contributed by atoms with Crippen LogP contribution < -0.4 is 15.5 Å². The van der Waals surface area contributed by atoms with Crippen molar-refractivity contribution in [2.24, 2.45) is 0 Å². The van der Waals surface area contributed by atoms with Gasteiger partial charge in [-0.1, -0.05) is 30.3 Å². The van der Waals surface area contributed by atoms with E-state index in [0.29, 0.717) is 4.73 Å². The molecule has 2 rings (SSSR count). The molecule has 174 valence electrons. The first-order valence-electron chi connectivity index (χ1n) is 9.80. The second kappa shape index (κ2) is 10.4. The van der Waals surface area contributed by atoms with Gasteiger partial charge in [-0.15, -0.1) is 4.73 Å². The third kappa shape index (κ3) is 7.42. The molecule has 1 heterocycles. The summed E-state index contributed by atoms with van der Waals surface area (Å²) in [7, 11) is 1.43. The molecule has 2 aromatic rings. The Bertz CT molecular complexity index is 918. The van der Waals surface area contributed by atoms with E-state index >= 15 is 0 Å². The van der Waals surface area contributed by atoms with Gasteiger partial charge in [0.1, 0.15) is 11.6 Å². The van der Waals surface area contributed by atoms with Crippen LogP contribution in [-0.4, -0.2) is 63.3 Å². The lowest BCUT2D eigenvalue weighted by Gasteiger charge is -2.26. The van der Waals surface area contributed by atoms with Crippen LogP contribution in [0.4, 0.5) is 9.59 Å². The maximum atomic E-state index is 13.0. The Kier molecular flexibility index (Phi) is 7.94. The number of nitrogens with one attached hydrogen (secondary N) is 2. The first-order chi connectivity index (χ1) is 15.0. The van der Waals surface area contributed by atoms with Crippen LogP contribution in [0.15, 0.2) is 42.5 Å². The molecule has 0 spiro atoms. The zero-order chi connectivity index (χ0) is 23.9. The highest BCUT2D eigenvalue weighted by Gasteiger charge is 2.27. The molecule has 1 aromatic carbocycles. The van der Waals surface area contributed by atoms with Gasteiger partial charge in [0.05, 0.1) is 6.67 Å². The van der Waals surface area contributed by atoms with Gasteiger partial charge >= 0.3 is 12.2 Å². The van der Waals surface area contributed by atoms with Gasteiger partial charge in [0, 0.05) is 25.6 Å². The summed E-state index contributed by atoms with van der Waals surface area (Å²) in [5.74, 6) is -1.44. The van der Waals surface area contributed by atoms with Gasteiger partial charge in [-0.25, -0.2) is 9.59 Å². The minimum absolute atomic E-state index is 0.207. The molecule has 1 atom stereocenters. The highest BCUT2D eigenvalue weighted by molar-refractivity contribution is 5.86. The largest absolute Gasteiger partial charge is 0.492 e. The highest BCUT2D eigenvalue weighted by Crippen LogP contribution is 2.18. The van der Waals surface area contributed by atoms with E-state index in [0.717, 1.165) is 17.7 Å². The number of likely N-dealkylation sites (N-methyl/N-ethyl adjacent to an activating group) is 1. The van der Waals surface area contributed by atoms with Crippen LogP contribution in [0.5, 0.6) is 11.8 Å². The van der Waals surface area contributed by atoms with Crippen molar-refractivity contribution >= 4 is 18.1 Å². The molecule has 3 amide bonds. The van der Waals surface area contributed by atoms with Gasteiger partial charge in [0.2, 0.25) is 17.7 Å². The van der Waals surface area contributed by atoms with Crippen LogP contribution in [0.3, 0.4) is 0 Å². The summed E-state index contributed by atoms with van der Waals surface area (Å²) >= 11 is 0. The predicted octanol–water partition coefficient (Wildman–Crippen LogP) is 1.59. The van der Waals surface area contributed by atoms with Crippen LogP contribution in [-0.2, 0) is 16.0 Å². The van der Waals surface area contributed by atoms with Crippen LogP contribution in [0.25, 0.3) is 0 Å². The van der Waals surface area contributed by atoms with Crippen molar-refractivity contribution in [2.75, 3.05) is 13.7 Å². The van der Waals surface area contributed by atoms with Crippen LogP contribution in [0.1, 0.15) is 26.3 Å². The zero-order valence-corrected chi connectivity index (χ0v) is 18.4. The van der Waals surface area contributed by atoms with Crippen LogP contribution in [0, 0.1) is 0 Å². The fraction of sp³-hybridized carbons (Fsp3) is 0.381. The van der Waals surface area contributed by atoms with Gasteiger partial charge in [-0.3, -0.25) is 4.79 Å². The quantitative estimate of drug-likeness (QED) is 0.471. The van der Waals surface area contributed by atoms with Crippen molar-refractivity contribution in [3.8, 4) is 11.8 Å². The summed E-state index contributed by atoms with van der Waals surface area (Å²) in [6.07, 6.45) is -1.56. The number of nitrogens with zero attached hydrogens (tertiary/aromatic N) is 2. The first kappa shape index (κ1) is 24.4. The highest BCUT2D eigenvalue weighted by atomic mass is 16.7. The van der Waals surface area contributed by atoms with Gasteiger partial charge < -0.3 is 35.3 Å². The van der Waals surface area contributed by atoms with Crippen molar-refractivity contribution in [3.63, 3.8) is 0 Å². The Labute approximate surface area is 185 Å². The molecule has 0 bridgehead atoms. The number of carbonyl (C=O) groups excluding carboxylic acids is 3. The average molecular weight is 448 g/mol.